The Labute approximate surface area is 342 Å². The van der Waals surface area contributed by atoms with E-state index < -0.39 is 51.1 Å². The number of aromatic nitrogens is 5. The molecule has 5 N–H and O–H groups in total. The van der Waals surface area contributed by atoms with Gasteiger partial charge in [0.2, 0.25) is 0 Å². The average molecular weight is 831 g/mol. The van der Waals surface area contributed by atoms with Crippen LogP contribution in [0, 0.1) is 11.3 Å². The lowest BCUT2D eigenvalue weighted by atomic mass is 9.95. The number of phosphoric ester groups is 1. The van der Waals surface area contributed by atoms with Gasteiger partial charge in [-0.1, -0.05) is 103 Å². The highest BCUT2D eigenvalue weighted by Gasteiger charge is 2.56. The summed E-state index contributed by atoms with van der Waals surface area (Å²) >= 11 is 0. The first-order chi connectivity index (χ1) is 28.1. The zero-order chi connectivity index (χ0) is 41.6. The summed E-state index contributed by atoms with van der Waals surface area (Å²) in [6, 6.07) is 5.17. The van der Waals surface area contributed by atoms with Crippen molar-refractivity contribution in [2.24, 2.45) is 4.99 Å². The van der Waals surface area contributed by atoms with Crippen LogP contribution in [0.1, 0.15) is 133 Å². The minimum absolute atomic E-state index is 0.0237. The molecule has 4 rings (SSSR count). The predicted molar refractivity (Wildman–Crippen MR) is 218 cm³/mol. The Hall–Kier alpha value is -3.43. The number of phosphoric acid groups is 1. The van der Waals surface area contributed by atoms with Gasteiger partial charge in [-0.05, 0) is 25.3 Å². The van der Waals surface area contributed by atoms with Gasteiger partial charge in [-0.3, -0.25) is 19.0 Å². The van der Waals surface area contributed by atoms with Crippen molar-refractivity contribution in [1.82, 2.24) is 24.6 Å². The van der Waals surface area contributed by atoms with Gasteiger partial charge in [-0.25, -0.2) is 19.0 Å². The molecule has 18 heteroatoms. The van der Waals surface area contributed by atoms with Gasteiger partial charge in [0.05, 0.1) is 56.8 Å². The summed E-state index contributed by atoms with van der Waals surface area (Å²) < 4.78 is 43.3. The van der Waals surface area contributed by atoms with Gasteiger partial charge in [0, 0.05) is 6.61 Å². The van der Waals surface area contributed by atoms with Gasteiger partial charge in [0.15, 0.2) is 11.5 Å². The number of hydrogen-bond donors (Lipinski definition) is 4. The number of aliphatic hydroxyl groups is 2. The predicted octanol–water partition coefficient (Wildman–Crippen LogP) is 6.20. The molecule has 0 bridgehead atoms. The van der Waals surface area contributed by atoms with Crippen LogP contribution in [0.4, 0.5) is 5.82 Å². The Morgan fingerprint density at radius 1 is 0.966 bits per heavy atom. The van der Waals surface area contributed by atoms with Crippen LogP contribution in [0.5, 0.6) is 0 Å². The van der Waals surface area contributed by atoms with E-state index in [2.05, 4.69) is 38.7 Å². The normalized spacial score (nSPS) is 20.9. The molecule has 322 valence electrons. The molecule has 6 atom stereocenters. The molecule has 0 amide bonds. The summed E-state index contributed by atoms with van der Waals surface area (Å²) in [5.41, 5.74) is 5.60. The molecule has 0 aromatic carbocycles. The summed E-state index contributed by atoms with van der Waals surface area (Å²) in [6.07, 6.45) is 19.3. The molecule has 1 aliphatic heterocycles. The molecule has 0 aliphatic carbocycles. The third-order valence-electron chi connectivity index (χ3n) is 10.3. The number of nitrogens with zero attached hydrogens (tertiary/aromatic N) is 7. The Kier molecular flexibility index (Phi) is 20.6. The molecule has 58 heavy (non-hydrogen) atoms. The van der Waals surface area contributed by atoms with Crippen molar-refractivity contribution < 1.29 is 42.9 Å². The van der Waals surface area contributed by atoms with Gasteiger partial charge in [0.25, 0.3) is 0 Å². The van der Waals surface area contributed by atoms with Gasteiger partial charge < -0.3 is 35.1 Å². The van der Waals surface area contributed by atoms with Crippen LogP contribution in [0.25, 0.3) is 5.52 Å². The molecule has 4 heterocycles. The second-order valence-corrected chi connectivity index (χ2v) is 16.4. The number of unbranched alkanes of at least 4 members (excludes halogenated alkanes) is 15. The van der Waals surface area contributed by atoms with Crippen LogP contribution < -0.4 is 5.73 Å². The maximum Gasteiger partial charge on any atom is 0.472 e. The zero-order valence-electron chi connectivity index (χ0n) is 33.9. The molecular weight excluding hydrogens is 767 g/mol. The Morgan fingerprint density at radius 2 is 1.62 bits per heavy atom. The van der Waals surface area contributed by atoms with E-state index in [0.717, 1.165) is 19.3 Å². The summed E-state index contributed by atoms with van der Waals surface area (Å²) in [5.74, 6) is 0.202. The third kappa shape index (κ3) is 15.0. The highest BCUT2D eigenvalue weighted by Crippen LogP contribution is 2.48. The highest BCUT2D eigenvalue weighted by molar-refractivity contribution is 7.47. The van der Waals surface area contributed by atoms with E-state index in [1.165, 1.54) is 107 Å². The highest BCUT2D eigenvalue weighted by atomic mass is 31.2. The van der Waals surface area contributed by atoms with Crippen molar-refractivity contribution in [3.8, 4) is 6.07 Å². The van der Waals surface area contributed by atoms with E-state index >= 15 is 0 Å². The van der Waals surface area contributed by atoms with Crippen LogP contribution in [0.3, 0.4) is 0 Å². The largest absolute Gasteiger partial charge is 0.472 e. The second-order valence-electron chi connectivity index (χ2n) is 15.0. The van der Waals surface area contributed by atoms with Gasteiger partial charge in [0.1, 0.15) is 47.9 Å². The number of rotatable bonds is 31. The molecule has 3 aromatic heterocycles. The van der Waals surface area contributed by atoms with Crippen LogP contribution in [-0.4, -0.2) is 103 Å². The van der Waals surface area contributed by atoms with Crippen molar-refractivity contribution in [1.29, 1.82) is 5.26 Å². The average Bonchev–Trinajstić information content (AvgIpc) is 3.76. The first-order valence-electron chi connectivity index (χ1n) is 20.7. The number of aliphatic hydroxyl groups excluding tert-OH is 2. The Balaban J connectivity index is 1.21. The van der Waals surface area contributed by atoms with Gasteiger partial charge in [-0.2, -0.15) is 10.4 Å². The smallest absolute Gasteiger partial charge is 0.387 e. The number of aliphatic imine (C=N–C) groups is 1. The van der Waals surface area contributed by atoms with Crippen molar-refractivity contribution in [2.75, 3.05) is 38.7 Å². The molecule has 1 aliphatic rings. The SMILES string of the molecule is C=NC[C@]1(COP(=O)(O)OC[C@H](COCCCCCCCCCCCCCCCCCC)OCc2cnc(C#N)cn2)O[C@@H](c2ccc3c(N)ncnn23)[C@H](O)[C@@H]1O. The standard InChI is InChI=1S/C40H63N8O9P/c1-3-4-5-6-7-8-9-10-11-12-13-14-15-16-17-18-21-53-26-33(54-25-32-24-44-31(22-41)23-45-32)27-55-58(51,52)56-29-40(28-43-2)38(50)36(49)37(57-40)34-19-20-35-39(42)46-30-47-48(34)35/h19-20,23-24,30,33,36-38,49-50H,2-18,21,25-29H2,1H3,(H,51,52)(H2,42,46,47)/t33-,36-,37-,38-,40+/m0/s1. The van der Waals surface area contributed by atoms with Crippen LogP contribution in [-0.2, 0) is 34.4 Å². The van der Waals surface area contributed by atoms with Crippen molar-refractivity contribution in [2.45, 2.75) is 146 Å². The molecule has 0 spiro atoms. The molecule has 0 radical (unpaired) electrons. The third-order valence-corrected chi connectivity index (χ3v) is 11.3. The molecular formula is C40H63N8O9P. The molecule has 1 unspecified atom stereocenters. The van der Waals surface area contributed by atoms with Crippen molar-refractivity contribution >= 4 is 25.9 Å². The van der Waals surface area contributed by atoms with E-state index in [9.17, 15) is 19.7 Å². The Morgan fingerprint density at radius 3 is 2.22 bits per heavy atom. The topological polar surface area (TPSA) is 242 Å². The van der Waals surface area contributed by atoms with Crippen LogP contribution >= 0.6 is 7.82 Å². The minimum atomic E-state index is -4.80. The maximum absolute atomic E-state index is 13.2. The lowest BCUT2D eigenvalue weighted by Crippen LogP contribution is -2.49. The number of ether oxygens (including phenoxy) is 3. The summed E-state index contributed by atoms with van der Waals surface area (Å²) in [7, 11) is -4.80. The number of anilines is 1. The first-order valence-corrected chi connectivity index (χ1v) is 22.2. The van der Waals surface area contributed by atoms with E-state index in [4.69, 9.17) is 34.3 Å². The van der Waals surface area contributed by atoms with E-state index in [1.807, 2.05) is 6.07 Å². The van der Waals surface area contributed by atoms with E-state index in [0.29, 0.717) is 23.5 Å². The van der Waals surface area contributed by atoms with Crippen LogP contribution in [0.15, 0.2) is 35.8 Å². The summed E-state index contributed by atoms with van der Waals surface area (Å²) in [5, 5.41) is 35.4. The number of nitrogens with two attached hydrogens (primary N) is 1. The number of nitriles is 1. The quantitative estimate of drug-likeness (QED) is 0.0320. The summed E-state index contributed by atoms with van der Waals surface area (Å²) in [6.45, 7) is 4.89. The van der Waals surface area contributed by atoms with Crippen molar-refractivity contribution in [3.63, 3.8) is 0 Å². The van der Waals surface area contributed by atoms with Crippen molar-refractivity contribution in [3.05, 3.63) is 47.9 Å². The molecule has 0 saturated carbocycles. The second kappa shape index (κ2) is 25.3. The lowest BCUT2D eigenvalue weighted by Gasteiger charge is -2.30. The number of fused-ring (bicyclic) bond motifs is 1. The minimum Gasteiger partial charge on any atom is -0.387 e. The fraction of sp³-hybridized carbons (Fsp3) is 0.700. The first kappa shape index (κ1) is 47.3. The Bertz CT molecular complexity index is 1730. The molecule has 17 nitrogen and oxygen atoms in total. The maximum atomic E-state index is 13.2. The molecule has 3 aromatic rings. The van der Waals surface area contributed by atoms with E-state index in [1.54, 1.807) is 12.1 Å². The monoisotopic (exact) mass is 830 g/mol. The number of nitrogen functional groups attached to an aromatic ring is 1. The summed E-state index contributed by atoms with van der Waals surface area (Å²) in [4.78, 5) is 26.7. The fourth-order valence-corrected chi connectivity index (χ4v) is 7.80. The van der Waals surface area contributed by atoms with Crippen LogP contribution in [0.2, 0.25) is 0 Å². The number of hydrogen-bond acceptors (Lipinski definition) is 15. The van der Waals surface area contributed by atoms with E-state index in [-0.39, 0.29) is 31.3 Å². The van der Waals surface area contributed by atoms with Gasteiger partial charge >= 0.3 is 7.82 Å². The fourth-order valence-electron chi connectivity index (χ4n) is 6.99. The molecule has 1 fully saturated rings. The zero-order valence-corrected chi connectivity index (χ0v) is 34.8. The van der Waals surface area contributed by atoms with Gasteiger partial charge in [-0.15, -0.1) is 0 Å². The lowest BCUT2D eigenvalue weighted by molar-refractivity contribution is -0.107. The molecule has 1 saturated heterocycles.